The van der Waals surface area contributed by atoms with Crippen LogP contribution in [0.3, 0.4) is 0 Å². The van der Waals surface area contributed by atoms with Crippen LogP contribution in [0.4, 0.5) is 20.6 Å². The van der Waals surface area contributed by atoms with Gasteiger partial charge in [-0.25, -0.2) is 9.18 Å². The van der Waals surface area contributed by atoms with Gasteiger partial charge in [0.05, 0.1) is 12.8 Å². The minimum Gasteiger partial charge on any atom is -0.494 e. The van der Waals surface area contributed by atoms with Crippen molar-refractivity contribution in [2.24, 2.45) is 0 Å². The first-order valence-corrected chi connectivity index (χ1v) is 7.23. The lowest BCUT2D eigenvalue weighted by Gasteiger charge is -2.11. The summed E-state index contributed by atoms with van der Waals surface area (Å²) >= 11 is 0. The highest BCUT2D eigenvalue weighted by Gasteiger charge is 2.08. The maximum atomic E-state index is 13.1. The molecule has 0 fully saturated rings. The first-order chi connectivity index (χ1) is 11.5. The molecule has 0 spiro atoms. The lowest BCUT2D eigenvalue weighted by molar-refractivity contribution is -0.114. The van der Waals surface area contributed by atoms with E-state index in [4.69, 9.17) is 4.74 Å². The normalized spacial score (nSPS) is 9.96. The fourth-order valence-corrected chi connectivity index (χ4v) is 2.08. The van der Waals surface area contributed by atoms with Crippen molar-refractivity contribution in [3.8, 4) is 5.75 Å². The quantitative estimate of drug-likeness (QED) is 0.787. The number of halogens is 1. The van der Waals surface area contributed by atoms with Crippen molar-refractivity contribution in [3.05, 3.63) is 53.8 Å². The molecule has 0 aliphatic rings. The molecule has 3 amide bonds. The van der Waals surface area contributed by atoms with E-state index >= 15 is 0 Å². The van der Waals surface area contributed by atoms with Crippen molar-refractivity contribution in [1.82, 2.24) is 5.32 Å². The van der Waals surface area contributed by atoms with Gasteiger partial charge in [0.1, 0.15) is 11.6 Å². The van der Waals surface area contributed by atoms with Crippen LogP contribution in [0.1, 0.15) is 12.5 Å². The second kappa shape index (κ2) is 7.96. The van der Waals surface area contributed by atoms with E-state index in [1.807, 2.05) is 6.07 Å². The topological polar surface area (TPSA) is 79.5 Å². The molecule has 2 rings (SSSR count). The minimum absolute atomic E-state index is 0.166. The van der Waals surface area contributed by atoms with Crippen molar-refractivity contribution >= 4 is 23.3 Å². The third kappa shape index (κ3) is 4.98. The van der Waals surface area contributed by atoms with Crippen LogP contribution in [0.5, 0.6) is 5.75 Å². The maximum absolute atomic E-state index is 13.1. The third-order valence-electron chi connectivity index (χ3n) is 3.11. The number of hydrogen-bond acceptors (Lipinski definition) is 3. The number of hydrogen-bond donors (Lipinski definition) is 3. The lowest BCUT2D eigenvalue weighted by atomic mass is 10.2. The average Bonchev–Trinajstić information content (AvgIpc) is 2.54. The molecule has 0 radical (unpaired) electrons. The third-order valence-corrected chi connectivity index (χ3v) is 3.11. The Hall–Kier alpha value is -3.09. The van der Waals surface area contributed by atoms with E-state index in [9.17, 15) is 14.0 Å². The number of carbonyl (C=O) groups excluding carboxylic acids is 2. The molecule has 0 unspecified atom stereocenters. The molecule has 24 heavy (non-hydrogen) atoms. The number of carbonyl (C=O) groups is 2. The predicted octanol–water partition coefficient (Wildman–Crippen LogP) is 3.11. The van der Waals surface area contributed by atoms with Crippen molar-refractivity contribution < 1.29 is 18.7 Å². The second-order valence-electron chi connectivity index (χ2n) is 5.03. The Bertz CT molecular complexity index is 750. The number of methoxy groups -OCH3 is 1. The molecular weight excluding hydrogens is 313 g/mol. The van der Waals surface area contributed by atoms with Gasteiger partial charge in [-0.1, -0.05) is 12.1 Å². The van der Waals surface area contributed by atoms with E-state index in [2.05, 4.69) is 16.0 Å². The average molecular weight is 331 g/mol. The smallest absolute Gasteiger partial charge is 0.319 e. The Morgan fingerprint density at radius 1 is 1.12 bits per heavy atom. The number of ether oxygens (including phenoxy) is 1. The largest absolute Gasteiger partial charge is 0.494 e. The van der Waals surface area contributed by atoms with Gasteiger partial charge in [0.2, 0.25) is 5.91 Å². The molecule has 2 aromatic rings. The van der Waals surface area contributed by atoms with Gasteiger partial charge in [-0.3, -0.25) is 4.79 Å². The van der Waals surface area contributed by atoms with E-state index in [0.717, 1.165) is 5.56 Å². The molecule has 0 atom stereocenters. The molecule has 0 saturated heterocycles. The Labute approximate surface area is 139 Å². The number of nitrogens with one attached hydrogen (secondary N) is 3. The van der Waals surface area contributed by atoms with Crippen LogP contribution >= 0.6 is 0 Å². The molecular formula is C17H18FN3O3. The summed E-state index contributed by atoms with van der Waals surface area (Å²) in [6, 6.07) is 10.5. The Morgan fingerprint density at radius 3 is 2.62 bits per heavy atom. The molecule has 0 heterocycles. The summed E-state index contributed by atoms with van der Waals surface area (Å²) in [7, 11) is 1.39. The number of amides is 3. The molecule has 0 aromatic heterocycles. The molecule has 126 valence electrons. The Kier molecular flexibility index (Phi) is 5.73. The van der Waals surface area contributed by atoms with Gasteiger partial charge in [-0.15, -0.1) is 0 Å². The summed E-state index contributed by atoms with van der Waals surface area (Å²) in [5, 5.41) is 7.95. The van der Waals surface area contributed by atoms with Crippen LogP contribution in [0.25, 0.3) is 0 Å². The standard InChI is InChI=1S/C17H18FN3O3/c1-11(22)20-14-5-3-4-12(8-14)10-19-17(23)21-15-7-6-13(18)9-16(15)24-2/h3-9H,10H2,1-2H3,(H,20,22)(H2,19,21,23). The van der Waals surface area contributed by atoms with E-state index in [1.54, 1.807) is 18.2 Å². The Balaban J connectivity index is 1.95. The minimum atomic E-state index is -0.454. The number of urea groups is 1. The van der Waals surface area contributed by atoms with E-state index in [0.29, 0.717) is 11.4 Å². The second-order valence-corrected chi connectivity index (χ2v) is 5.03. The van der Waals surface area contributed by atoms with Crippen LogP contribution in [-0.4, -0.2) is 19.0 Å². The summed E-state index contributed by atoms with van der Waals surface area (Å²) in [6.45, 7) is 1.69. The van der Waals surface area contributed by atoms with E-state index < -0.39 is 11.8 Å². The molecule has 0 aliphatic heterocycles. The maximum Gasteiger partial charge on any atom is 0.319 e. The lowest BCUT2D eigenvalue weighted by Crippen LogP contribution is -2.28. The van der Waals surface area contributed by atoms with Crippen LogP contribution in [0.2, 0.25) is 0 Å². The molecule has 0 saturated carbocycles. The van der Waals surface area contributed by atoms with E-state index in [1.165, 1.54) is 32.2 Å². The highest BCUT2D eigenvalue weighted by molar-refractivity contribution is 5.91. The van der Waals surface area contributed by atoms with Gasteiger partial charge in [-0.05, 0) is 29.8 Å². The van der Waals surface area contributed by atoms with Gasteiger partial charge in [0, 0.05) is 25.2 Å². The van der Waals surface area contributed by atoms with Gasteiger partial charge in [-0.2, -0.15) is 0 Å². The highest BCUT2D eigenvalue weighted by Crippen LogP contribution is 2.24. The van der Waals surface area contributed by atoms with Gasteiger partial charge in [0.25, 0.3) is 0 Å². The van der Waals surface area contributed by atoms with Crippen LogP contribution in [0, 0.1) is 5.82 Å². The Morgan fingerprint density at radius 2 is 1.92 bits per heavy atom. The molecule has 6 nitrogen and oxygen atoms in total. The first kappa shape index (κ1) is 17.3. The molecule has 7 heteroatoms. The molecule has 2 aromatic carbocycles. The summed E-state index contributed by atoms with van der Waals surface area (Å²) in [5.74, 6) is -0.383. The van der Waals surface area contributed by atoms with Crippen molar-refractivity contribution in [2.75, 3.05) is 17.7 Å². The summed E-state index contributed by atoms with van der Waals surface area (Å²) in [5.41, 5.74) is 1.84. The monoisotopic (exact) mass is 331 g/mol. The predicted molar refractivity (Wildman–Crippen MR) is 89.6 cm³/mol. The zero-order valence-electron chi connectivity index (χ0n) is 13.4. The molecule has 3 N–H and O–H groups in total. The van der Waals surface area contributed by atoms with Gasteiger partial charge >= 0.3 is 6.03 Å². The van der Waals surface area contributed by atoms with Gasteiger partial charge in [0.15, 0.2) is 0 Å². The van der Waals surface area contributed by atoms with Crippen LogP contribution < -0.4 is 20.7 Å². The highest BCUT2D eigenvalue weighted by atomic mass is 19.1. The van der Waals surface area contributed by atoms with Crippen LogP contribution in [-0.2, 0) is 11.3 Å². The number of benzene rings is 2. The van der Waals surface area contributed by atoms with Crippen molar-refractivity contribution in [3.63, 3.8) is 0 Å². The number of anilines is 2. The molecule has 0 aliphatic carbocycles. The zero-order chi connectivity index (χ0) is 17.5. The van der Waals surface area contributed by atoms with Gasteiger partial charge < -0.3 is 20.7 Å². The summed E-state index contributed by atoms with van der Waals surface area (Å²) in [4.78, 5) is 23.0. The van der Waals surface area contributed by atoms with Crippen molar-refractivity contribution in [2.45, 2.75) is 13.5 Å². The van der Waals surface area contributed by atoms with E-state index in [-0.39, 0.29) is 18.2 Å². The summed E-state index contributed by atoms with van der Waals surface area (Å²) in [6.07, 6.45) is 0. The zero-order valence-corrected chi connectivity index (χ0v) is 13.4. The first-order valence-electron chi connectivity index (χ1n) is 7.23. The fraction of sp³-hybridized carbons (Fsp3) is 0.176. The molecule has 0 bridgehead atoms. The SMILES string of the molecule is COc1cc(F)ccc1NC(=O)NCc1cccc(NC(C)=O)c1. The number of rotatable bonds is 5. The van der Waals surface area contributed by atoms with Crippen LogP contribution in [0.15, 0.2) is 42.5 Å². The van der Waals surface area contributed by atoms with Crippen molar-refractivity contribution in [1.29, 1.82) is 0 Å². The summed E-state index contributed by atoms with van der Waals surface area (Å²) < 4.78 is 18.2. The fourth-order valence-electron chi connectivity index (χ4n) is 2.08.